The Kier molecular flexibility index (Phi) is 4.45. The van der Waals surface area contributed by atoms with E-state index >= 15 is 0 Å². The second-order valence-electron chi connectivity index (χ2n) is 7.66. The van der Waals surface area contributed by atoms with Gasteiger partial charge in [0.05, 0.1) is 23.1 Å². The first-order chi connectivity index (χ1) is 13.8. The molecule has 5 rings (SSSR count). The van der Waals surface area contributed by atoms with Crippen molar-refractivity contribution in [1.82, 2.24) is 19.4 Å². The fraction of sp³-hybridized carbons (Fsp3) is 0.304. The smallest absolute Gasteiger partial charge is 0.226 e. The van der Waals surface area contributed by atoms with Gasteiger partial charge in [-0.15, -0.1) is 0 Å². The number of imidazole rings is 1. The largest absolute Gasteiger partial charge is 0.444 e. The number of hydrogen-bond donors (Lipinski definition) is 0. The summed E-state index contributed by atoms with van der Waals surface area (Å²) < 4.78 is 7.92. The molecule has 5 heteroatoms. The predicted octanol–water partition coefficient (Wildman–Crippen LogP) is 4.72. The van der Waals surface area contributed by atoms with Gasteiger partial charge < -0.3 is 8.98 Å². The highest BCUT2D eigenvalue weighted by Gasteiger charge is 2.21. The molecule has 0 aliphatic carbocycles. The highest BCUT2D eigenvalue weighted by Crippen LogP contribution is 2.23. The molecule has 28 heavy (non-hydrogen) atoms. The number of rotatable bonds is 5. The van der Waals surface area contributed by atoms with Crippen LogP contribution in [0.4, 0.5) is 0 Å². The van der Waals surface area contributed by atoms with Crippen molar-refractivity contribution in [2.75, 3.05) is 6.54 Å². The van der Waals surface area contributed by atoms with Crippen LogP contribution in [-0.4, -0.2) is 32.0 Å². The van der Waals surface area contributed by atoms with E-state index in [2.05, 4.69) is 51.7 Å². The maximum atomic E-state index is 5.75. The lowest BCUT2D eigenvalue weighted by molar-refractivity contribution is 0.257. The highest BCUT2D eigenvalue weighted by atomic mass is 16.3. The molecule has 0 amide bonds. The molecular formula is C23H24N4O. The molecular weight excluding hydrogens is 348 g/mol. The average molecular weight is 372 g/mol. The zero-order chi connectivity index (χ0) is 18.9. The summed E-state index contributed by atoms with van der Waals surface area (Å²) in [5.74, 6) is 0.696. The summed E-state index contributed by atoms with van der Waals surface area (Å²) >= 11 is 0. The van der Waals surface area contributed by atoms with Crippen molar-refractivity contribution < 1.29 is 4.42 Å². The molecule has 0 bridgehead atoms. The lowest BCUT2D eigenvalue weighted by Gasteiger charge is -2.18. The minimum Gasteiger partial charge on any atom is -0.444 e. The molecule has 1 aliphatic rings. The molecule has 0 N–H and O–H groups in total. The molecule has 1 saturated heterocycles. The molecule has 0 spiro atoms. The van der Waals surface area contributed by atoms with E-state index in [9.17, 15) is 0 Å². The maximum absolute atomic E-state index is 5.75. The van der Waals surface area contributed by atoms with E-state index in [0.29, 0.717) is 11.9 Å². The molecule has 0 unspecified atom stereocenters. The molecule has 0 saturated carbocycles. The van der Waals surface area contributed by atoms with Gasteiger partial charge in [0.2, 0.25) is 5.89 Å². The fourth-order valence-electron chi connectivity index (χ4n) is 4.03. The highest BCUT2D eigenvalue weighted by molar-refractivity contribution is 5.75. The molecule has 3 heterocycles. The molecule has 2 aromatic carbocycles. The molecule has 1 atom stereocenters. The van der Waals surface area contributed by atoms with Gasteiger partial charge in [-0.2, -0.15) is 0 Å². The molecule has 142 valence electrons. The quantitative estimate of drug-likeness (QED) is 0.508. The lowest BCUT2D eigenvalue weighted by atomic mass is 10.1. The van der Waals surface area contributed by atoms with Crippen LogP contribution in [0.2, 0.25) is 0 Å². The van der Waals surface area contributed by atoms with Gasteiger partial charge in [0.25, 0.3) is 0 Å². The second-order valence-corrected chi connectivity index (χ2v) is 7.66. The summed E-state index contributed by atoms with van der Waals surface area (Å²) in [6, 6.07) is 17.3. The van der Waals surface area contributed by atoms with Gasteiger partial charge >= 0.3 is 0 Å². The maximum Gasteiger partial charge on any atom is 0.226 e. The van der Waals surface area contributed by atoms with Gasteiger partial charge in [-0.3, -0.25) is 4.90 Å². The third kappa shape index (κ3) is 3.34. The van der Waals surface area contributed by atoms with Gasteiger partial charge in [0.15, 0.2) is 0 Å². The van der Waals surface area contributed by atoms with E-state index in [-0.39, 0.29) is 0 Å². The third-order valence-electron chi connectivity index (χ3n) is 5.69. The van der Waals surface area contributed by atoms with Crippen LogP contribution in [0.25, 0.3) is 22.5 Å². The van der Waals surface area contributed by atoms with E-state index in [1.165, 1.54) is 18.4 Å². The molecule has 1 fully saturated rings. The number of benzene rings is 2. The SMILES string of the molecule is C[C@@H]1CCCN1Cc1coc(-c2ccc(Cn3cnc4ccccc43)cc2)n1. The third-order valence-corrected chi connectivity index (χ3v) is 5.69. The van der Waals surface area contributed by atoms with Crippen LogP contribution in [0.5, 0.6) is 0 Å². The normalized spacial score (nSPS) is 17.5. The first-order valence-electron chi connectivity index (χ1n) is 9.94. The van der Waals surface area contributed by atoms with Gasteiger partial charge in [0.1, 0.15) is 6.26 Å². The molecule has 0 radical (unpaired) electrons. The summed E-state index contributed by atoms with van der Waals surface area (Å²) in [4.78, 5) is 11.6. The number of oxazole rings is 1. The van der Waals surface area contributed by atoms with E-state index in [4.69, 9.17) is 9.40 Å². The van der Waals surface area contributed by atoms with Crippen molar-refractivity contribution >= 4 is 11.0 Å². The summed E-state index contributed by atoms with van der Waals surface area (Å²) in [5, 5.41) is 0. The summed E-state index contributed by atoms with van der Waals surface area (Å²) in [7, 11) is 0. The minimum atomic E-state index is 0.638. The Labute approximate surface area is 164 Å². The summed E-state index contributed by atoms with van der Waals surface area (Å²) in [6.07, 6.45) is 6.25. The van der Waals surface area contributed by atoms with Gasteiger partial charge in [-0.25, -0.2) is 9.97 Å². The number of hydrogen-bond acceptors (Lipinski definition) is 4. The molecule has 2 aromatic heterocycles. The van der Waals surface area contributed by atoms with Crippen LogP contribution in [0.15, 0.2) is 65.5 Å². The Morgan fingerprint density at radius 1 is 1.07 bits per heavy atom. The van der Waals surface area contributed by atoms with Crippen LogP contribution >= 0.6 is 0 Å². The Morgan fingerprint density at radius 3 is 2.75 bits per heavy atom. The lowest BCUT2D eigenvalue weighted by Crippen LogP contribution is -2.26. The average Bonchev–Trinajstić information content (AvgIpc) is 3.45. The zero-order valence-electron chi connectivity index (χ0n) is 16.1. The summed E-state index contributed by atoms with van der Waals surface area (Å²) in [5.41, 5.74) is 5.43. The van der Waals surface area contributed by atoms with Crippen molar-refractivity contribution in [2.45, 2.75) is 38.9 Å². The van der Waals surface area contributed by atoms with Crippen LogP contribution in [0.3, 0.4) is 0 Å². The number of nitrogens with zero attached hydrogens (tertiary/aromatic N) is 4. The minimum absolute atomic E-state index is 0.638. The fourth-order valence-corrected chi connectivity index (χ4v) is 4.03. The van der Waals surface area contributed by atoms with Gasteiger partial charge in [-0.05, 0) is 56.1 Å². The van der Waals surface area contributed by atoms with Gasteiger partial charge in [0, 0.05) is 24.7 Å². The number of aromatic nitrogens is 3. The van der Waals surface area contributed by atoms with Crippen LogP contribution in [0, 0.1) is 0 Å². The summed E-state index contributed by atoms with van der Waals surface area (Å²) in [6.45, 7) is 5.11. The van der Waals surface area contributed by atoms with Crippen LogP contribution < -0.4 is 0 Å². The monoisotopic (exact) mass is 372 g/mol. The Hall–Kier alpha value is -2.92. The van der Waals surface area contributed by atoms with E-state index in [0.717, 1.165) is 41.9 Å². The Balaban J connectivity index is 1.30. The van der Waals surface area contributed by atoms with Gasteiger partial charge in [-0.1, -0.05) is 24.3 Å². The Bertz CT molecular complexity index is 1080. The van der Waals surface area contributed by atoms with E-state index in [1.807, 2.05) is 24.5 Å². The number of fused-ring (bicyclic) bond motifs is 1. The topological polar surface area (TPSA) is 47.1 Å². The number of para-hydroxylation sites is 2. The second kappa shape index (κ2) is 7.24. The zero-order valence-corrected chi connectivity index (χ0v) is 16.1. The number of likely N-dealkylation sites (tertiary alicyclic amines) is 1. The van der Waals surface area contributed by atoms with Crippen molar-refractivity contribution in [3.05, 3.63) is 72.4 Å². The van der Waals surface area contributed by atoms with Crippen LogP contribution in [0.1, 0.15) is 31.0 Å². The molecule has 1 aliphatic heterocycles. The van der Waals surface area contributed by atoms with E-state index < -0.39 is 0 Å². The van der Waals surface area contributed by atoms with Crippen molar-refractivity contribution in [1.29, 1.82) is 0 Å². The Morgan fingerprint density at radius 2 is 1.93 bits per heavy atom. The first kappa shape index (κ1) is 17.2. The van der Waals surface area contributed by atoms with Crippen molar-refractivity contribution in [3.8, 4) is 11.5 Å². The predicted molar refractivity (Wildman–Crippen MR) is 110 cm³/mol. The van der Waals surface area contributed by atoms with Crippen LogP contribution in [-0.2, 0) is 13.1 Å². The van der Waals surface area contributed by atoms with Crippen molar-refractivity contribution in [2.24, 2.45) is 0 Å². The molecule has 5 nitrogen and oxygen atoms in total. The molecule has 4 aromatic rings. The standard InChI is InChI=1S/C23H24N4O/c1-17-5-4-12-26(17)14-20-15-28-23(25-20)19-10-8-18(9-11-19)13-27-16-24-21-6-2-3-7-22(21)27/h2-3,6-11,15-17H,4-5,12-14H2,1H3/t17-/m1/s1. The first-order valence-corrected chi connectivity index (χ1v) is 9.94. The van der Waals surface area contributed by atoms with E-state index in [1.54, 1.807) is 6.26 Å². The van der Waals surface area contributed by atoms with Crippen molar-refractivity contribution in [3.63, 3.8) is 0 Å².